The number of benzene rings is 9. The minimum absolute atomic E-state index is 0.368. The van der Waals surface area contributed by atoms with Crippen LogP contribution in [-0.4, -0.2) is 29.5 Å². The molecule has 10 nitrogen and oxygen atoms in total. The normalized spacial score (nSPS) is 10.9. The molecule has 0 aliphatic heterocycles. The second-order valence-electron chi connectivity index (χ2n) is 17.7. The van der Waals surface area contributed by atoms with Gasteiger partial charge in [0.1, 0.15) is 0 Å². The number of fused-ring (bicyclic) bond motifs is 3. The Morgan fingerprint density at radius 2 is 0.707 bits per heavy atom. The van der Waals surface area contributed by atoms with E-state index < -0.39 is 0 Å². The van der Waals surface area contributed by atoms with Gasteiger partial charge in [-0.2, -0.15) is 21.0 Å². The lowest BCUT2D eigenvalue weighted by Gasteiger charge is -2.17. The molecule has 9 aromatic carbocycles. The Bertz CT molecular complexity index is 4140. The van der Waals surface area contributed by atoms with Crippen molar-refractivity contribution in [2.75, 3.05) is 0 Å². The Kier molecular flexibility index (Phi) is 11.5. The first-order valence-electron chi connectivity index (χ1n) is 24.0. The van der Waals surface area contributed by atoms with E-state index in [0.29, 0.717) is 73.5 Å². The molecule has 0 fully saturated rings. The summed E-state index contributed by atoms with van der Waals surface area (Å²) in [7, 11) is 0. The molecular weight excluding hydrogens is 921 g/mol. The third-order valence-electron chi connectivity index (χ3n) is 13.2. The molecule has 0 bridgehead atoms. The smallest absolute Gasteiger partial charge is 0.166 e. The zero-order valence-electron chi connectivity index (χ0n) is 39.8. The summed E-state index contributed by atoms with van der Waals surface area (Å²) in [5.74, 6) is 1.84. The topological polar surface area (TPSA) is 165 Å². The quantitative estimate of drug-likeness (QED) is 0.137. The number of nitriles is 4. The van der Waals surface area contributed by atoms with Crippen molar-refractivity contribution in [3.8, 4) is 120 Å². The summed E-state index contributed by atoms with van der Waals surface area (Å²) in [5.41, 5.74) is 13.0. The Balaban J connectivity index is 1.19. The number of hydrogen-bond acceptors (Lipinski definition) is 9. The highest BCUT2D eigenvalue weighted by molar-refractivity contribution is 6.12. The Labute approximate surface area is 431 Å². The molecule has 0 unspecified atom stereocenters. The van der Waals surface area contributed by atoms with Crippen molar-refractivity contribution < 1.29 is 0 Å². The maximum atomic E-state index is 10.4. The number of rotatable bonds is 9. The van der Waals surface area contributed by atoms with Gasteiger partial charge in [-0.05, 0) is 82.9 Å². The highest BCUT2D eigenvalue weighted by Gasteiger charge is 2.23. The zero-order valence-corrected chi connectivity index (χ0v) is 39.8. The summed E-state index contributed by atoms with van der Waals surface area (Å²) >= 11 is 0. The van der Waals surface area contributed by atoms with Gasteiger partial charge in [0.15, 0.2) is 23.3 Å². The summed E-state index contributed by atoms with van der Waals surface area (Å²) < 4.78 is 2.17. The number of nitrogens with zero attached hydrogens (tertiary/aromatic N) is 10. The van der Waals surface area contributed by atoms with E-state index in [9.17, 15) is 21.0 Å². The Morgan fingerprint density at radius 1 is 0.293 bits per heavy atom. The standard InChI is InChI=1S/C65H36N10/c66-37-41-21-26-52(50(31-41)39-68)47-23-28-54-55-29-24-48(53-27-22-42(38-67)32-51(53)40-69)35-61(55)75(60(54)34-47)59-30-25-49(64-70-57(43-13-5-1-6-14-43)36-58(71-64)44-15-7-2-8-16-44)33-56(59)65-73-62(45-17-9-3-10-18-45)72-63(74-65)46-19-11-4-12-20-46/h1-36H. The maximum Gasteiger partial charge on any atom is 0.166 e. The van der Waals surface area contributed by atoms with Gasteiger partial charge in [0.25, 0.3) is 0 Å². The lowest BCUT2D eigenvalue weighted by atomic mass is 9.96. The van der Waals surface area contributed by atoms with E-state index in [0.717, 1.165) is 66.6 Å². The van der Waals surface area contributed by atoms with Crippen LogP contribution >= 0.6 is 0 Å². The molecule has 346 valence electrons. The van der Waals surface area contributed by atoms with Gasteiger partial charge >= 0.3 is 0 Å². The maximum absolute atomic E-state index is 10.4. The van der Waals surface area contributed by atoms with E-state index in [1.165, 1.54) is 0 Å². The third kappa shape index (κ3) is 8.45. The molecule has 0 aliphatic carbocycles. The van der Waals surface area contributed by atoms with Crippen LogP contribution in [0, 0.1) is 45.3 Å². The fourth-order valence-electron chi connectivity index (χ4n) is 9.60. The fraction of sp³-hybridized carbons (Fsp3) is 0. The van der Waals surface area contributed by atoms with Crippen molar-refractivity contribution in [1.82, 2.24) is 29.5 Å². The molecule has 0 N–H and O–H groups in total. The minimum atomic E-state index is 0.368. The predicted molar refractivity (Wildman–Crippen MR) is 292 cm³/mol. The van der Waals surface area contributed by atoms with Gasteiger partial charge < -0.3 is 4.57 Å². The molecule has 12 rings (SSSR count). The predicted octanol–water partition coefficient (Wildman–Crippen LogP) is 14.6. The van der Waals surface area contributed by atoms with E-state index in [-0.39, 0.29) is 0 Å². The second-order valence-corrected chi connectivity index (χ2v) is 17.7. The molecule has 0 atom stereocenters. The molecule has 12 aromatic rings. The highest BCUT2D eigenvalue weighted by atomic mass is 15.1. The monoisotopic (exact) mass is 956 g/mol. The van der Waals surface area contributed by atoms with Crippen LogP contribution in [0.15, 0.2) is 218 Å². The van der Waals surface area contributed by atoms with Crippen LogP contribution < -0.4 is 0 Å². The molecule has 0 amide bonds. The van der Waals surface area contributed by atoms with Crippen LogP contribution in [0.4, 0.5) is 0 Å². The number of hydrogen-bond donors (Lipinski definition) is 0. The molecule has 3 heterocycles. The van der Waals surface area contributed by atoms with Crippen LogP contribution in [0.2, 0.25) is 0 Å². The Morgan fingerprint density at radius 3 is 1.15 bits per heavy atom. The molecule has 0 aliphatic rings. The molecule has 0 saturated heterocycles. The van der Waals surface area contributed by atoms with Crippen LogP contribution in [0.25, 0.3) is 118 Å². The molecule has 0 saturated carbocycles. The summed E-state index contributed by atoms with van der Waals surface area (Å²) in [6, 6.07) is 79.3. The van der Waals surface area contributed by atoms with Crippen LogP contribution in [-0.2, 0) is 0 Å². The second kappa shape index (κ2) is 19.2. The minimum Gasteiger partial charge on any atom is -0.308 e. The molecule has 3 aromatic heterocycles. The molecule has 0 radical (unpaired) electrons. The van der Waals surface area contributed by atoms with Crippen molar-refractivity contribution in [1.29, 1.82) is 21.0 Å². The fourth-order valence-corrected chi connectivity index (χ4v) is 9.60. The van der Waals surface area contributed by atoms with E-state index >= 15 is 0 Å². The van der Waals surface area contributed by atoms with Crippen molar-refractivity contribution in [2.45, 2.75) is 0 Å². The van der Waals surface area contributed by atoms with Gasteiger partial charge in [-0.15, -0.1) is 0 Å². The summed E-state index contributed by atoms with van der Waals surface area (Å²) in [6.45, 7) is 0. The average molecular weight is 957 g/mol. The zero-order chi connectivity index (χ0) is 50.8. The highest BCUT2D eigenvalue weighted by Crippen LogP contribution is 2.42. The van der Waals surface area contributed by atoms with Gasteiger partial charge in [0.2, 0.25) is 0 Å². The van der Waals surface area contributed by atoms with E-state index in [1.807, 2.05) is 170 Å². The first-order valence-corrected chi connectivity index (χ1v) is 24.0. The Hall–Kier alpha value is -11.2. The van der Waals surface area contributed by atoms with E-state index in [1.54, 1.807) is 24.3 Å². The molecule has 75 heavy (non-hydrogen) atoms. The average Bonchev–Trinajstić information content (AvgIpc) is 3.85. The van der Waals surface area contributed by atoms with Crippen molar-refractivity contribution in [3.05, 3.63) is 241 Å². The van der Waals surface area contributed by atoms with Crippen molar-refractivity contribution in [3.63, 3.8) is 0 Å². The molecule has 0 spiro atoms. The van der Waals surface area contributed by atoms with E-state index in [2.05, 4.69) is 53.1 Å². The summed E-state index contributed by atoms with van der Waals surface area (Å²) in [6.07, 6.45) is 0. The molecular formula is C65H36N10. The van der Waals surface area contributed by atoms with Crippen LogP contribution in [0.3, 0.4) is 0 Å². The van der Waals surface area contributed by atoms with Gasteiger partial charge in [-0.3, -0.25) is 0 Å². The van der Waals surface area contributed by atoms with E-state index in [4.69, 9.17) is 24.9 Å². The third-order valence-corrected chi connectivity index (χ3v) is 13.2. The lowest BCUT2D eigenvalue weighted by molar-refractivity contribution is 1.06. The largest absolute Gasteiger partial charge is 0.308 e. The van der Waals surface area contributed by atoms with Gasteiger partial charge in [0, 0.05) is 44.2 Å². The van der Waals surface area contributed by atoms with Crippen LogP contribution in [0.5, 0.6) is 0 Å². The van der Waals surface area contributed by atoms with Crippen LogP contribution in [0.1, 0.15) is 22.3 Å². The van der Waals surface area contributed by atoms with Gasteiger partial charge in [0.05, 0.1) is 74.6 Å². The number of aromatic nitrogens is 6. The first-order chi connectivity index (χ1) is 37.0. The molecule has 10 heteroatoms. The van der Waals surface area contributed by atoms with Crippen molar-refractivity contribution in [2.24, 2.45) is 0 Å². The SMILES string of the molecule is N#Cc1ccc(-c2ccc3c4ccc(-c5ccc(C#N)cc5C#N)cc4n(-c4ccc(-c5nc(-c6ccccc6)cc(-c6ccccc6)n5)cc4-c4nc(-c5ccccc5)nc(-c5ccccc5)n4)c3c2)c(C#N)c1. The van der Waals surface area contributed by atoms with Crippen molar-refractivity contribution >= 4 is 21.8 Å². The summed E-state index contributed by atoms with van der Waals surface area (Å²) in [4.78, 5) is 26.1. The first kappa shape index (κ1) is 45.0. The van der Waals surface area contributed by atoms with Gasteiger partial charge in [-0.25, -0.2) is 24.9 Å². The summed E-state index contributed by atoms with van der Waals surface area (Å²) in [5, 5.41) is 42.1. The lowest BCUT2D eigenvalue weighted by Crippen LogP contribution is -2.05. The van der Waals surface area contributed by atoms with Gasteiger partial charge in [-0.1, -0.05) is 158 Å².